The predicted molar refractivity (Wildman–Crippen MR) is 72.1 cm³/mol. The van der Waals surface area contributed by atoms with E-state index >= 15 is 0 Å². The summed E-state index contributed by atoms with van der Waals surface area (Å²) in [7, 11) is 0. The smallest absolute Gasteiger partial charge is 0.152 e. The van der Waals surface area contributed by atoms with E-state index in [2.05, 4.69) is 11.8 Å². The van der Waals surface area contributed by atoms with Crippen molar-refractivity contribution in [2.24, 2.45) is 5.92 Å². The van der Waals surface area contributed by atoms with Crippen molar-refractivity contribution in [2.75, 3.05) is 18.0 Å². The van der Waals surface area contributed by atoms with Crippen LogP contribution in [0.15, 0.2) is 18.2 Å². The molecular weight excluding hydrogens is 234 g/mol. The molecule has 92 valence electrons. The number of hydrogen-bond donors (Lipinski definition) is 0. The molecule has 17 heavy (non-hydrogen) atoms. The Morgan fingerprint density at radius 1 is 1.53 bits per heavy atom. The molecule has 0 saturated carbocycles. The van der Waals surface area contributed by atoms with Crippen LogP contribution in [-0.2, 0) is 0 Å². The van der Waals surface area contributed by atoms with Gasteiger partial charge in [0.25, 0.3) is 0 Å². The maximum absolute atomic E-state index is 11.0. The molecule has 0 amide bonds. The summed E-state index contributed by atoms with van der Waals surface area (Å²) < 4.78 is 0. The highest BCUT2D eigenvalue weighted by Crippen LogP contribution is 2.30. The lowest BCUT2D eigenvalue weighted by Gasteiger charge is -2.20. The Morgan fingerprint density at radius 3 is 3.06 bits per heavy atom. The second-order valence-electron chi connectivity index (χ2n) is 4.71. The van der Waals surface area contributed by atoms with Crippen molar-refractivity contribution < 1.29 is 4.79 Å². The Bertz CT molecular complexity index is 405. The van der Waals surface area contributed by atoms with Gasteiger partial charge in [-0.2, -0.15) is 0 Å². The van der Waals surface area contributed by atoms with Gasteiger partial charge >= 0.3 is 0 Å². The lowest BCUT2D eigenvalue weighted by atomic mass is 10.0. The molecule has 0 aliphatic carbocycles. The van der Waals surface area contributed by atoms with Crippen molar-refractivity contribution in [3.63, 3.8) is 0 Å². The Balaban J connectivity index is 2.17. The molecule has 1 saturated heterocycles. The van der Waals surface area contributed by atoms with Crippen molar-refractivity contribution in [1.82, 2.24) is 0 Å². The number of halogens is 1. The van der Waals surface area contributed by atoms with Gasteiger partial charge in [-0.3, -0.25) is 4.79 Å². The predicted octanol–water partition coefficient (Wildman–Crippen LogP) is 3.78. The summed E-state index contributed by atoms with van der Waals surface area (Å²) in [5, 5.41) is 0.699. The molecule has 2 rings (SSSR count). The molecule has 0 aromatic heterocycles. The highest BCUT2D eigenvalue weighted by molar-refractivity contribution is 6.31. The first kappa shape index (κ1) is 12.4. The average Bonchev–Trinajstić information content (AvgIpc) is 2.78. The molecule has 1 aliphatic rings. The fourth-order valence-electron chi connectivity index (χ4n) is 2.59. The number of anilines is 1. The third-order valence-electron chi connectivity index (χ3n) is 3.44. The number of nitrogens with zero attached hydrogens (tertiary/aromatic N) is 1. The lowest BCUT2D eigenvalue weighted by Crippen LogP contribution is -2.21. The number of rotatable bonds is 4. The maximum atomic E-state index is 11.0. The van der Waals surface area contributed by atoms with Gasteiger partial charge < -0.3 is 4.90 Å². The van der Waals surface area contributed by atoms with Crippen molar-refractivity contribution >= 4 is 23.6 Å². The molecule has 0 N–H and O–H groups in total. The third kappa shape index (κ3) is 2.81. The number of carbonyl (C=O) groups excluding carboxylic acids is 1. The molecular formula is C14H18ClNO. The van der Waals surface area contributed by atoms with E-state index < -0.39 is 0 Å². The minimum atomic E-state index is 0.699. The molecule has 1 fully saturated rings. The minimum absolute atomic E-state index is 0.699. The van der Waals surface area contributed by atoms with Crippen molar-refractivity contribution in [3.8, 4) is 0 Å². The van der Waals surface area contributed by atoms with E-state index in [4.69, 9.17) is 11.6 Å². The molecule has 1 aromatic rings. The Morgan fingerprint density at radius 2 is 2.35 bits per heavy atom. The van der Waals surface area contributed by atoms with E-state index in [1.807, 2.05) is 6.07 Å². The zero-order valence-corrected chi connectivity index (χ0v) is 10.9. The maximum Gasteiger partial charge on any atom is 0.152 e. The lowest BCUT2D eigenvalue weighted by molar-refractivity contribution is 0.112. The van der Waals surface area contributed by atoms with Gasteiger partial charge in [0, 0.05) is 29.4 Å². The third-order valence-corrected chi connectivity index (χ3v) is 3.68. The van der Waals surface area contributed by atoms with E-state index in [0.717, 1.165) is 36.5 Å². The quantitative estimate of drug-likeness (QED) is 0.759. The van der Waals surface area contributed by atoms with Crippen LogP contribution >= 0.6 is 11.6 Å². The van der Waals surface area contributed by atoms with Crippen LogP contribution in [0.2, 0.25) is 5.02 Å². The summed E-state index contributed by atoms with van der Waals surface area (Å²) in [6.07, 6.45) is 4.64. The second-order valence-corrected chi connectivity index (χ2v) is 5.15. The van der Waals surface area contributed by atoms with Gasteiger partial charge in [0.05, 0.1) is 0 Å². The van der Waals surface area contributed by atoms with Gasteiger partial charge in [-0.25, -0.2) is 0 Å². The van der Waals surface area contributed by atoms with E-state index in [1.54, 1.807) is 12.1 Å². The summed E-state index contributed by atoms with van der Waals surface area (Å²) in [6.45, 7) is 4.31. The van der Waals surface area contributed by atoms with Crippen LogP contribution in [0.3, 0.4) is 0 Å². The average molecular weight is 252 g/mol. The van der Waals surface area contributed by atoms with Crippen molar-refractivity contribution in [1.29, 1.82) is 0 Å². The van der Waals surface area contributed by atoms with Gasteiger partial charge in [-0.1, -0.05) is 24.9 Å². The van der Waals surface area contributed by atoms with Gasteiger partial charge in [0.15, 0.2) is 6.29 Å². The van der Waals surface area contributed by atoms with E-state index in [-0.39, 0.29) is 0 Å². The van der Waals surface area contributed by atoms with E-state index in [9.17, 15) is 4.79 Å². The van der Waals surface area contributed by atoms with Gasteiger partial charge in [0.1, 0.15) is 0 Å². The number of aldehydes is 1. The first-order chi connectivity index (χ1) is 8.24. The summed E-state index contributed by atoms with van der Waals surface area (Å²) in [5.74, 6) is 0.762. The highest BCUT2D eigenvalue weighted by atomic mass is 35.5. The molecule has 1 heterocycles. The molecule has 3 heteroatoms. The second kappa shape index (κ2) is 5.54. The summed E-state index contributed by atoms with van der Waals surface area (Å²) in [5.41, 5.74) is 1.73. The standard InChI is InChI=1S/C14H18ClNO/c1-2-3-11-6-7-16(9-11)14-8-13(15)5-4-12(14)10-17/h4-5,8,10-11H,2-3,6-7,9H2,1H3. The fraction of sp³-hybridized carbons (Fsp3) is 0.500. The molecule has 0 radical (unpaired) electrons. The summed E-state index contributed by atoms with van der Waals surface area (Å²) in [6, 6.07) is 5.48. The van der Waals surface area contributed by atoms with Crippen LogP contribution in [-0.4, -0.2) is 19.4 Å². The van der Waals surface area contributed by atoms with Crippen LogP contribution in [0.5, 0.6) is 0 Å². The first-order valence-corrected chi connectivity index (χ1v) is 6.62. The first-order valence-electron chi connectivity index (χ1n) is 6.24. The van der Waals surface area contributed by atoms with E-state index in [1.165, 1.54) is 19.3 Å². The van der Waals surface area contributed by atoms with Crippen LogP contribution < -0.4 is 4.90 Å². The molecule has 1 atom stereocenters. The zero-order chi connectivity index (χ0) is 12.3. The van der Waals surface area contributed by atoms with Crippen LogP contribution in [0.1, 0.15) is 36.5 Å². The fourth-order valence-corrected chi connectivity index (χ4v) is 2.75. The van der Waals surface area contributed by atoms with Crippen LogP contribution in [0, 0.1) is 5.92 Å². The molecule has 0 bridgehead atoms. The van der Waals surface area contributed by atoms with Crippen molar-refractivity contribution in [2.45, 2.75) is 26.2 Å². The summed E-state index contributed by atoms with van der Waals surface area (Å²) in [4.78, 5) is 13.3. The molecule has 1 aliphatic heterocycles. The number of hydrogen-bond acceptors (Lipinski definition) is 2. The zero-order valence-electron chi connectivity index (χ0n) is 10.2. The Kier molecular flexibility index (Phi) is 4.06. The normalized spacial score (nSPS) is 19.6. The van der Waals surface area contributed by atoms with Gasteiger partial charge in [0.2, 0.25) is 0 Å². The highest BCUT2D eigenvalue weighted by Gasteiger charge is 2.23. The topological polar surface area (TPSA) is 20.3 Å². The number of carbonyl (C=O) groups is 1. The van der Waals surface area contributed by atoms with Gasteiger partial charge in [-0.15, -0.1) is 0 Å². The largest absolute Gasteiger partial charge is 0.371 e. The molecule has 1 unspecified atom stereocenters. The van der Waals surface area contributed by atoms with Gasteiger partial charge in [-0.05, 0) is 37.0 Å². The van der Waals surface area contributed by atoms with E-state index in [0.29, 0.717) is 5.02 Å². The van der Waals surface area contributed by atoms with Crippen molar-refractivity contribution in [3.05, 3.63) is 28.8 Å². The van der Waals surface area contributed by atoms with Crippen LogP contribution in [0.4, 0.5) is 5.69 Å². The molecule has 0 spiro atoms. The summed E-state index contributed by atoms with van der Waals surface area (Å²) >= 11 is 6.01. The van der Waals surface area contributed by atoms with Crippen LogP contribution in [0.25, 0.3) is 0 Å². The Hall–Kier alpha value is -1.02. The SMILES string of the molecule is CCCC1CCN(c2cc(Cl)ccc2C=O)C1. The minimum Gasteiger partial charge on any atom is -0.371 e. The molecule has 1 aromatic carbocycles. The monoisotopic (exact) mass is 251 g/mol. The Labute approximate surface area is 108 Å². The number of benzene rings is 1. The molecule has 2 nitrogen and oxygen atoms in total.